The lowest BCUT2D eigenvalue weighted by Crippen LogP contribution is -2.20. The van der Waals surface area contributed by atoms with Crippen LogP contribution in [0.4, 0.5) is 5.69 Å². The van der Waals surface area contributed by atoms with Gasteiger partial charge < -0.3 is 14.8 Å². The molecule has 0 aliphatic rings. The van der Waals surface area contributed by atoms with Gasteiger partial charge in [0, 0.05) is 18.5 Å². The molecule has 29 heavy (non-hydrogen) atoms. The molecule has 7 heteroatoms. The number of benzene rings is 2. The first-order valence-electron chi connectivity index (χ1n) is 9.40. The van der Waals surface area contributed by atoms with Crippen molar-refractivity contribution in [2.24, 2.45) is 5.10 Å². The average molecular weight is 397 g/mol. The van der Waals surface area contributed by atoms with E-state index in [0.29, 0.717) is 17.2 Å². The number of anilines is 1. The van der Waals surface area contributed by atoms with E-state index in [2.05, 4.69) is 15.8 Å². The first-order valence-corrected chi connectivity index (χ1v) is 9.40. The number of hydrogen-bond acceptors (Lipinski definition) is 5. The van der Waals surface area contributed by atoms with Crippen molar-refractivity contribution in [1.29, 1.82) is 0 Å². The summed E-state index contributed by atoms with van der Waals surface area (Å²) in [6, 6.07) is 12.8. The minimum atomic E-state index is -0.341. The highest BCUT2D eigenvalue weighted by molar-refractivity contribution is 5.93. The molecule has 7 nitrogen and oxygen atoms in total. The van der Waals surface area contributed by atoms with Gasteiger partial charge in [-0.2, -0.15) is 5.10 Å². The summed E-state index contributed by atoms with van der Waals surface area (Å²) in [6.45, 7) is 5.84. The molecule has 154 valence electrons. The summed E-state index contributed by atoms with van der Waals surface area (Å²) in [5, 5.41) is 6.68. The van der Waals surface area contributed by atoms with Gasteiger partial charge in [0.2, 0.25) is 11.8 Å². The molecule has 0 saturated carbocycles. The average Bonchev–Trinajstić information content (AvgIpc) is 2.69. The van der Waals surface area contributed by atoms with Crippen LogP contribution in [0.1, 0.15) is 37.8 Å². The van der Waals surface area contributed by atoms with E-state index in [4.69, 9.17) is 9.47 Å². The fraction of sp³-hybridized carbons (Fsp3) is 0.318. The predicted octanol–water partition coefficient (Wildman–Crippen LogP) is 3.66. The molecule has 2 aromatic carbocycles. The molecule has 0 aromatic heterocycles. The lowest BCUT2D eigenvalue weighted by Gasteiger charge is -2.13. The zero-order valence-electron chi connectivity index (χ0n) is 17.2. The molecule has 2 amide bonds. The van der Waals surface area contributed by atoms with Gasteiger partial charge in [-0.3, -0.25) is 9.59 Å². The van der Waals surface area contributed by atoms with Crippen molar-refractivity contribution in [3.8, 4) is 11.5 Å². The standard InChI is InChI=1S/C22H27N3O4/c1-15(2)29-19-10-7-17(13-20(19)28-4)14-23-25-22(27)12-11-21(26)24-18-8-5-16(3)6-9-18/h5-10,13-15H,11-12H2,1-4H3,(H,24,26)(H,25,27)/b23-14+. The Kier molecular flexibility index (Phi) is 8.21. The van der Waals surface area contributed by atoms with Crippen LogP contribution in [0.3, 0.4) is 0 Å². The van der Waals surface area contributed by atoms with Crippen LogP contribution in [0.25, 0.3) is 0 Å². The number of amides is 2. The Morgan fingerprint density at radius 3 is 2.38 bits per heavy atom. The highest BCUT2D eigenvalue weighted by Gasteiger charge is 2.08. The number of ether oxygens (including phenoxy) is 2. The van der Waals surface area contributed by atoms with Crippen LogP contribution < -0.4 is 20.2 Å². The van der Waals surface area contributed by atoms with Crippen molar-refractivity contribution >= 4 is 23.7 Å². The number of aryl methyl sites for hydroxylation is 1. The van der Waals surface area contributed by atoms with E-state index in [1.807, 2.05) is 51.1 Å². The third-order valence-electron chi connectivity index (χ3n) is 3.87. The first-order chi connectivity index (χ1) is 13.9. The third-order valence-corrected chi connectivity index (χ3v) is 3.87. The zero-order chi connectivity index (χ0) is 21.2. The SMILES string of the molecule is COc1cc(/C=N/NC(=O)CCC(=O)Nc2ccc(C)cc2)ccc1OC(C)C. The van der Waals surface area contributed by atoms with Crippen molar-refractivity contribution in [3.63, 3.8) is 0 Å². The molecule has 2 N–H and O–H groups in total. The lowest BCUT2D eigenvalue weighted by atomic mass is 10.2. The van der Waals surface area contributed by atoms with E-state index in [9.17, 15) is 9.59 Å². The van der Waals surface area contributed by atoms with Crippen molar-refractivity contribution in [1.82, 2.24) is 5.43 Å². The Bertz CT molecular complexity index is 861. The summed E-state index contributed by atoms with van der Waals surface area (Å²) in [7, 11) is 1.56. The van der Waals surface area contributed by atoms with E-state index in [1.165, 1.54) is 6.21 Å². The molecule has 2 rings (SSSR count). The maximum Gasteiger partial charge on any atom is 0.240 e. The maximum atomic E-state index is 11.9. The van der Waals surface area contributed by atoms with Gasteiger partial charge >= 0.3 is 0 Å². The van der Waals surface area contributed by atoms with Gasteiger partial charge in [-0.05, 0) is 56.7 Å². The van der Waals surface area contributed by atoms with Crippen LogP contribution in [0.15, 0.2) is 47.6 Å². The summed E-state index contributed by atoms with van der Waals surface area (Å²) in [6.07, 6.45) is 1.65. The van der Waals surface area contributed by atoms with Gasteiger partial charge in [-0.25, -0.2) is 5.43 Å². The maximum absolute atomic E-state index is 11.9. The molecule has 0 bridgehead atoms. The van der Waals surface area contributed by atoms with Gasteiger partial charge in [0.25, 0.3) is 0 Å². The Morgan fingerprint density at radius 2 is 1.72 bits per heavy atom. The van der Waals surface area contributed by atoms with Crippen molar-refractivity contribution in [2.45, 2.75) is 39.7 Å². The second kappa shape index (κ2) is 10.8. The second-order valence-electron chi connectivity index (χ2n) is 6.78. The van der Waals surface area contributed by atoms with E-state index in [-0.39, 0.29) is 30.8 Å². The van der Waals surface area contributed by atoms with Gasteiger partial charge in [0.15, 0.2) is 11.5 Å². The summed E-state index contributed by atoms with van der Waals surface area (Å²) in [4.78, 5) is 23.8. The fourth-order valence-electron chi connectivity index (χ4n) is 2.44. The van der Waals surface area contributed by atoms with Gasteiger partial charge in [-0.15, -0.1) is 0 Å². The smallest absolute Gasteiger partial charge is 0.240 e. The molecule has 0 saturated heterocycles. The number of hydrogen-bond donors (Lipinski definition) is 2. The molecular weight excluding hydrogens is 370 g/mol. The topological polar surface area (TPSA) is 89.0 Å². The number of nitrogens with zero attached hydrogens (tertiary/aromatic N) is 1. The van der Waals surface area contributed by atoms with E-state index >= 15 is 0 Å². The van der Waals surface area contributed by atoms with Crippen LogP contribution in [0.2, 0.25) is 0 Å². The quantitative estimate of drug-likeness (QED) is 0.499. The largest absolute Gasteiger partial charge is 0.493 e. The van der Waals surface area contributed by atoms with Gasteiger partial charge in [-0.1, -0.05) is 17.7 Å². The van der Waals surface area contributed by atoms with Crippen LogP contribution in [-0.4, -0.2) is 31.2 Å². The van der Waals surface area contributed by atoms with Crippen molar-refractivity contribution in [3.05, 3.63) is 53.6 Å². The number of methoxy groups -OCH3 is 1. The molecule has 0 heterocycles. The Morgan fingerprint density at radius 1 is 1.03 bits per heavy atom. The van der Waals surface area contributed by atoms with Crippen LogP contribution in [-0.2, 0) is 9.59 Å². The molecule has 0 fully saturated rings. The van der Waals surface area contributed by atoms with E-state index in [1.54, 1.807) is 19.2 Å². The molecule has 0 unspecified atom stereocenters. The second-order valence-corrected chi connectivity index (χ2v) is 6.78. The summed E-state index contributed by atoms with van der Waals surface area (Å²) in [5.74, 6) is 0.663. The van der Waals surface area contributed by atoms with Gasteiger partial charge in [0.1, 0.15) is 0 Å². The number of rotatable bonds is 9. The minimum Gasteiger partial charge on any atom is -0.493 e. The summed E-state index contributed by atoms with van der Waals surface area (Å²) >= 11 is 0. The molecule has 0 spiro atoms. The summed E-state index contributed by atoms with van der Waals surface area (Å²) < 4.78 is 11.0. The predicted molar refractivity (Wildman–Crippen MR) is 114 cm³/mol. The zero-order valence-corrected chi connectivity index (χ0v) is 17.2. The Labute approximate surface area is 171 Å². The molecule has 0 radical (unpaired) electrons. The van der Waals surface area contributed by atoms with Crippen molar-refractivity contribution < 1.29 is 19.1 Å². The molecule has 0 aliphatic heterocycles. The Hall–Kier alpha value is -3.35. The van der Waals surface area contributed by atoms with Gasteiger partial charge in [0.05, 0.1) is 19.4 Å². The highest BCUT2D eigenvalue weighted by atomic mass is 16.5. The summed E-state index contributed by atoms with van der Waals surface area (Å²) in [5.41, 5.74) is 4.98. The van der Waals surface area contributed by atoms with Crippen LogP contribution in [0, 0.1) is 6.92 Å². The van der Waals surface area contributed by atoms with Crippen molar-refractivity contribution in [2.75, 3.05) is 12.4 Å². The Balaban J connectivity index is 1.80. The van der Waals surface area contributed by atoms with Crippen LogP contribution >= 0.6 is 0 Å². The van der Waals surface area contributed by atoms with Crippen LogP contribution in [0.5, 0.6) is 11.5 Å². The number of carbonyl (C=O) groups is 2. The number of carbonyl (C=O) groups excluding carboxylic acids is 2. The lowest BCUT2D eigenvalue weighted by molar-refractivity contribution is -0.124. The normalized spacial score (nSPS) is 10.8. The third kappa shape index (κ3) is 7.65. The molecule has 0 atom stereocenters. The number of nitrogens with one attached hydrogen (secondary N) is 2. The first kappa shape index (κ1) is 21.9. The molecule has 2 aromatic rings. The van der Waals surface area contributed by atoms with E-state index in [0.717, 1.165) is 11.1 Å². The fourth-order valence-corrected chi connectivity index (χ4v) is 2.44. The number of hydrazone groups is 1. The highest BCUT2D eigenvalue weighted by Crippen LogP contribution is 2.28. The molecule has 0 aliphatic carbocycles. The van der Waals surface area contributed by atoms with E-state index < -0.39 is 0 Å². The monoisotopic (exact) mass is 397 g/mol. The minimum absolute atomic E-state index is 0.0333. The molecular formula is C22H27N3O4.